The summed E-state index contributed by atoms with van der Waals surface area (Å²) in [5.74, 6) is -0.529. The Morgan fingerprint density at radius 3 is 2.33 bits per heavy atom. The van der Waals surface area contributed by atoms with Gasteiger partial charge in [-0.15, -0.1) is 0 Å². The van der Waals surface area contributed by atoms with Crippen LogP contribution in [-0.4, -0.2) is 35.5 Å². The molecule has 7 nitrogen and oxygen atoms in total. The normalized spacial score (nSPS) is 12.4. The largest absolute Gasteiger partial charge is 0.491 e. The Labute approximate surface area is 183 Å². The number of hydrogen-bond acceptors (Lipinski definition) is 5. The predicted molar refractivity (Wildman–Crippen MR) is 117 cm³/mol. The highest BCUT2D eigenvalue weighted by atomic mass is 79.9. The number of carbonyl (C=O) groups excluding carboxylic acids is 1. The first-order valence-corrected chi connectivity index (χ1v) is 9.99. The third kappa shape index (κ3) is 7.20. The number of halogens is 1. The van der Waals surface area contributed by atoms with Gasteiger partial charge in [0.2, 0.25) is 0 Å². The summed E-state index contributed by atoms with van der Waals surface area (Å²) in [4.78, 5) is 23.5. The molecule has 30 heavy (non-hydrogen) atoms. The van der Waals surface area contributed by atoms with Crippen LogP contribution < -0.4 is 10.1 Å². The molecule has 0 aliphatic rings. The van der Waals surface area contributed by atoms with Gasteiger partial charge in [0.15, 0.2) is 0 Å². The Hall–Kier alpha value is -2.84. The van der Waals surface area contributed by atoms with E-state index in [1.165, 1.54) is 6.08 Å². The van der Waals surface area contributed by atoms with Gasteiger partial charge in [-0.2, -0.15) is 0 Å². The maximum Gasteiger partial charge on any atom is 0.412 e. The summed E-state index contributed by atoms with van der Waals surface area (Å²) in [6.45, 7) is 3.62. The molecule has 0 spiro atoms. The lowest BCUT2D eigenvalue weighted by Crippen LogP contribution is -2.27. The van der Waals surface area contributed by atoms with Crippen LogP contribution >= 0.6 is 15.9 Å². The molecule has 1 amide bonds. The molecule has 8 heteroatoms. The quantitative estimate of drug-likeness (QED) is 0.449. The summed E-state index contributed by atoms with van der Waals surface area (Å²) < 4.78 is 11.9. The lowest BCUT2D eigenvalue weighted by Gasteiger charge is -2.31. The second kappa shape index (κ2) is 10.8. The topological polar surface area (TPSA) is 105 Å². The van der Waals surface area contributed by atoms with E-state index in [0.717, 1.165) is 10.5 Å². The number of carboxylic acids is 1. The van der Waals surface area contributed by atoms with E-state index in [0.29, 0.717) is 17.0 Å². The number of aliphatic carboxylic acids is 1. The molecule has 0 saturated carbocycles. The molecule has 0 bridgehead atoms. The van der Waals surface area contributed by atoms with Crippen LogP contribution in [0.3, 0.4) is 0 Å². The van der Waals surface area contributed by atoms with Crippen LogP contribution in [-0.2, 0) is 9.53 Å². The van der Waals surface area contributed by atoms with Crippen molar-refractivity contribution in [3.8, 4) is 5.75 Å². The third-order valence-electron chi connectivity index (χ3n) is 4.19. The Balaban J connectivity index is 2.25. The fraction of sp³-hybridized carbons (Fsp3) is 0.273. The van der Waals surface area contributed by atoms with Gasteiger partial charge in [-0.25, -0.2) is 9.59 Å². The molecule has 0 fully saturated rings. The summed E-state index contributed by atoms with van der Waals surface area (Å²) in [6.07, 6.45) is 1.08. The molecule has 2 aromatic carbocycles. The van der Waals surface area contributed by atoms with Crippen LogP contribution in [0.2, 0.25) is 0 Å². The number of amides is 1. The van der Waals surface area contributed by atoms with Crippen LogP contribution in [0.15, 0.2) is 65.2 Å². The second-order valence-corrected chi connectivity index (χ2v) is 7.97. The molecule has 0 aliphatic carbocycles. The molecule has 3 N–H and O–H groups in total. The molecule has 0 aliphatic heterocycles. The van der Waals surface area contributed by atoms with Crippen molar-refractivity contribution in [3.05, 3.63) is 70.7 Å². The van der Waals surface area contributed by atoms with Gasteiger partial charge in [0.25, 0.3) is 0 Å². The van der Waals surface area contributed by atoms with Gasteiger partial charge in [0.05, 0.1) is 6.61 Å². The van der Waals surface area contributed by atoms with E-state index >= 15 is 0 Å². The smallest absolute Gasteiger partial charge is 0.412 e. The molecule has 160 valence electrons. The van der Waals surface area contributed by atoms with Gasteiger partial charge in [-0.05, 0) is 42.0 Å². The van der Waals surface area contributed by atoms with E-state index in [9.17, 15) is 9.59 Å². The number of anilines is 1. The first-order chi connectivity index (χ1) is 14.2. The standard InChI is InChI=1S/C22H24BrNO6/c1-22(2,12-11-19(26)27)20(15-3-9-18(10-4-15)29-14-13-25)30-21(28)24-17-7-5-16(23)6-8-17/h3-12,20,25H,13-14H2,1-2H3,(H,24,28)(H,26,27)/b12-11+/t20-/m1/s1. The fourth-order valence-corrected chi connectivity index (χ4v) is 2.98. The van der Waals surface area contributed by atoms with Gasteiger partial charge >= 0.3 is 12.1 Å². The maximum atomic E-state index is 12.5. The molecule has 0 unspecified atom stereocenters. The monoisotopic (exact) mass is 477 g/mol. The maximum absolute atomic E-state index is 12.5. The van der Waals surface area contributed by atoms with Gasteiger partial charge in [-0.1, -0.05) is 48.0 Å². The van der Waals surface area contributed by atoms with Crippen molar-refractivity contribution in [3.63, 3.8) is 0 Å². The zero-order valence-corrected chi connectivity index (χ0v) is 18.3. The van der Waals surface area contributed by atoms with Crippen molar-refractivity contribution < 1.29 is 29.3 Å². The van der Waals surface area contributed by atoms with Crippen LogP contribution in [0.25, 0.3) is 0 Å². The zero-order chi connectivity index (χ0) is 22.1. The predicted octanol–water partition coefficient (Wildman–Crippen LogP) is 4.78. The molecular formula is C22H24BrNO6. The SMILES string of the molecule is CC(C)(/C=C/C(=O)O)[C@H](OC(=O)Nc1ccc(Br)cc1)c1ccc(OCCO)cc1. The van der Waals surface area contributed by atoms with Crippen molar-refractivity contribution in [2.45, 2.75) is 20.0 Å². The highest BCUT2D eigenvalue weighted by Crippen LogP contribution is 2.39. The van der Waals surface area contributed by atoms with Crippen LogP contribution in [0.1, 0.15) is 25.5 Å². The van der Waals surface area contributed by atoms with E-state index < -0.39 is 23.6 Å². The molecular weight excluding hydrogens is 454 g/mol. The van der Waals surface area contributed by atoms with Gasteiger partial charge in [-0.3, -0.25) is 5.32 Å². The minimum atomic E-state index is -1.09. The summed E-state index contributed by atoms with van der Waals surface area (Å²) in [5.41, 5.74) is 0.411. The Morgan fingerprint density at radius 2 is 1.77 bits per heavy atom. The molecule has 1 atom stereocenters. The van der Waals surface area contributed by atoms with Gasteiger partial charge in [0.1, 0.15) is 18.5 Å². The van der Waals surface area contributed by atoms with E-state index in [-0.39, 0.29) is 13.2 Å². The fourth-order valence-electron chi connectivity index (χ4n) is 2.71. The summed E-state index contributed by atoms with van der Waals surface area (Å²) >= 11 is 3.34. The van der Waals surface area contributed by atoms with Crippen molar-refractivity contribution in [2.75, 3.05) is 18.5 Å². The highest BCUT2D eigenvalue weighted by molar-refractivity contribution is 9.10. The number of carbonyl (C=O) groups is 2. The number of carboxylic acid groups (broad SMARTS) is 1. The molecule has 0 heterocycles. The summed E-state index contributed by atoms with van der Waals surface area (Å²) in [6, 6.07) is 13.9. The molecule has 2 aromatic rings. The summed E-state index contributed by atoms with van der Waals surface area (Å²) in [5, 5.41) is 20.5. The molecule has 0 radical (unpaired) electrons. The second-order valence-electron chi connectivity index (χ2n) is 7.05. The van der Waals surface area contributed by atoms with E-state index in [1.807, 2.05) is 0 Å². The zero-order valence-electron chi connectivity index (χ0n) is 16.7. The highest BCUT2D eigenvalue weighted by Gasteiger charge is 2.32. The van der Waals surface area contributed by atoms with Crippen molar-refractivity contribution in [1.82, 2.24) is 0 Å². The first kappa shape index (κ1) is 23.4. The Morgan fingerprint density at radius 1 is 1.13 bits per heavy atom. The minimum Gasteiger partial charge on any atom is -0.491 e. The number of benzene rings is 2. The Bertz CT molecular complexity index is 878. The molecule has 0 aromatic heterocycles. The van der Waals surface area contributed by atoms with Crippen molar-refractivity contribution in [2.24, 2.45) is 5.41 Å². The summed E-state index contributed by atoms with van der Waals surface area (Å²) in [7, 11) is 0. The van der Waals surface area contributed by atoms with E-state index in [2.05, 4.69) is 21.2 Å². The molecule has 0 saturated heterocycles. The van der Waals surface area contributed by atoms with Crippen LogP contribution in [0, 0.1) is 5.41 Å². The van der Waals surface area contributed by atoms with Crippen LogP contribution in [0.5, 0.6) is 5.75 Å². The first-order valence-electron chi connectivity index (χ1n) is 9.20. The minimum absolute atomic E-state index is 0.100. The number of ether oxygens (including phenoxy) is 2. The van der Waals surface area contributed by atoms with Crippen LogP contribution in [0.4, 0.5) is 10.5 Å². The van der Waals surface area contributed by atoms with Crippen molar-refractivity contribution in [1.29, 1.82) is 0 Å². The molecule has 2 rings (SSSR count). The lowest BCUT2D eigenvalue weighted by molar-refractivity contribution is -0.131. The Kier molecular flexibility index (Phi) is 8.44. The number of aliphatic hydroxyl groups is 1. The number of aliphatic hydroxyl groups excluding tert-OH is 1. The van der Waals surface area contributed by atoms with Crippen molar-refractivity contribution >= 4 is 33.7 Å². The average molecular weight is 478 g/mol. The number of nitrogens with one attached hydrogen (secondary N) is 1. The average Bonchev–Trinajstić information content (AvgIpc) is 2.71. The number of hydrogen-bond donors (Lipinski definition) is 3. The van der Waals surface area contributed by atoms with E-state index in [1.54, 1.807) is 62.4 Å². The van der Waals surface area contributed by atoms with Gasteiger partial charge in [0, 0.05) is 21.7 Å². The van der Waals surface area contributed by atoms with Gasteiger partial charge < -0.3 is 19.7 Å². The third-order valence-corrected chi connectivity index (χ3v) is 4.72. The number of rotatable bonds is 9. The van der Waals surface area contributed by atoms with E-state index in [4.69, 9.17) is 19.7 Å². The lowest BCUT2D eigenvalue weighted by atomic mass is 9.82.